The summed E-state index contributed by atoms with van der Waals surface area (Å²) in [6.07, 6.45) is 1.45. The number of aromatic nitrogens is 2. The van der Waals surface area contributed by atoms with E-state index in [-0.39, 0.29) is 6.10 Å². The molecule has 3 N–H and O–H groups in total. The third-order valence-corrected chi connectivity index (χ3v) is 2.03. The molecule has 1 aliphatic heterocycles. The maximum atomic E-state index is 5.68. The van der Waals surface area contributed by atoms with Gasteiger partial charge in [0.05, 0.1) is 24.2 Å². The zero-order chi connectivity index (χ0) is 9.47. The molecule has 1 saturated heterocycles. The van der Waals surface area contributed by atoms with Gasteiger partial charge in [0.25, 0.3) is 0 Å². The number of anilines is 1. The average molecular weight is 183 g/mol. The first kappa shape index (κ1) is 8.52. The van der Waals surface area contributed by atoms with Gasteiger partial charge in [-0.1, -0.05) is 0 Å². The summed E-state index contributed by atoms with van der Waals surface area (Å²) in [4.78, 5) is 0. The van der Waals surface area contributed by atoms with Crippen molar-refractivity contribution in [3.63, 3.8) is 0 Å². The maximum Gasteiger partial charge on any atom is 0.163 e. The van der Waals surface area contributed by atoms with Crippen molar-refractivity contribution in [3.8, 4) is 0 Å². The van der Waals surface area contributed by atoms with Gasteiger partial charge in [-0.25, -0.2) is 0 Å². The Bertz CT molecular complexity index is 308. The van der Waals surface area contributed by atoms with Crippen molar-refractivity contribution in [2.24, 2.45) is 0 Å². The molecule has 1 fully saturated rings. The van der Waals surface area contributed by atoms with Crippen molar-refractivity contribution in [3.05, 3.63) is 11.9 Å². The van der Waals surface area contributed by atoms with Crippen LogP contribution in [0.15, 0.2) is 6.20 Å². The molecule has 0 radical (unpaired) electrons. The van der Waals surface area contributed by atoms with Crippen molar-refractivity contribution < 1.29 is 9.47 Å². The molecule has 72 valence electrons. The summed E-state index contributed by atoms with van der Waals surface area (Å²) in [7, 11) is 0. The Morgan fingerprint density at radius 3 is 2.92 bits per heavy atom. The van der Waals surface area contributed by atoms with Crippen LogP contribution in [0.4, 0.5) is 5.69 Å². The monoisotopic (exact) mass is 183 g/mol. The molecule has 1 aromatic rings. The number of H-pyrrole nitrogens is 1. The van der Waals surface area contributed by atoms with E-state index < -0.39 is 5.79 Å². The van der Waals surface area contributed by atoms with Crippen LogP contribution in [-0.2, 0) is 9.47 Å². The first-order valence-electron chi connectivity index (χ1n) is 4.19. The normalized spacial score (nSPS) is 26.5. The molecular formula is C8H13N3O2. The van der Waals surface area contributed by atoms with Gasteiger partial charge >= 0.3 is 0 Å². The van der Waals surface area contributed by atoms with Crippen molar-refractivity contribution in [1.29, 1.82) is 0 Å². The molecule has 1 unspecified atom stereocenters. The number of nitrogens with two attached hydrogens (primary N) is 1. The summed E-state index contributed by atoms with van der Waals surface area (Å²) in [5.74, 6) is -0.526. The second kappa shape index (κ2) is 2.71. The van der Waals surface area contributed by atoms with Crippen LogP contribution < -0.4 is 5.73 Å². The number of hydrogen-bond donors (Lipinski definition) is 2. The first-order valence-corrected chi connectivity index (χ1v) is 4.19. The fraction of sp³-hybridized carbons (Fsp3) is 0.625. The van der Waals surface area contributed by atoms with Gasteiger partial charge in [0, 0.05) is 0 Å². The molecule has 5 heteroatoms. The van der Waals surface area contributed by atoms with Crippen LogP contribution in [-0.4, -0.2) is 22.6 Å². The molecule has 1 aromatic heterocycles. The van der Waals surface area contributed by atoms with Crippen molar-refractivity contribution >= 4 is 5.69 Å². The fourth-order valence-electron chi connectivity index (χ4n) is 1.39. The van der Waals surface area contributed by atoms with Crippen molar-refractivity contribution in [2.75, 3.05) is 12.3 Å². The average Bonchev–Trinajstić information content (AvgIpc) is 2.56. The van der Waals surface area contributed by atoms with Gasteiger partial charge in [-0.05, 0) is 13.8 Å². The number of ether oxygens (including phenoxy) is 2. The van der Waals surface area contributed by atoms with Crippen molar-refractivity contribution in [1.82, 2.24) is 10.2 Å². The highest BCUT2D eigenvalue weighted by Gasteiger charge is 2.35. The van der Waals surface area contributed by atoms with E-state index in [9.17, 15) is 0 Å². The van der Waals surface area contributed by atoms with Gasteiger partial charge in [0.2, 0.25) is 0 Å². The number of aromatic amines is 1. The van der Waals surface area contributed by atoms with Gasteiger partial charge in [0.1, 0.15) is 6.10 Å². The van der Waals surface area contributed by atoms with E-state index in [4.69, 9.17) is 15.2 Å². The Labute approximate surface area is 76.2 Å². The first-order chi connectivity index (χ1) is 6.08. The molecule has 0 saturated carbocycles. The SMILES string of the molecule is CC1(C)OCC(c2[nH]ncc2N)O1. The Kier molecular flexibility index (Phi) is 1.78. The molecule has 1 atom stereocenters. The minimum Gasteiger partial charge on any atom is -0.396 e. The zero-order valence-corrected chi connectivity index (χ0v) is 7.70. The number of rotatable bonds is 1. The van der Waals surface area contributed by atoms with E-state index in [1.807, 2.05) is 13.8 Å². The molecule has 0 amide bonds. The quantitative estimate of drug-likeness (QED) is 0.676. The molecule has 0 bridgehead atoms. The van der Waals surface area contributed by atoms with Gasteiger partial charge in [0.15, 0.2) is 5.79 Å². The summed E-state index contributed by atoms with van der Waals surface area (Å²) in [6, 6.07) is 0. The van der Waals surface area contributed by atoms with E-state index >= 15 is 0 Å². The second-order valence-electron chi connectivity index (χ2n) is 3.56. The summed E-state index contributed by atoms with van der Waals surface area (Å²) < 4.78 is 11.0. The molecule has 0 aliphatic carbocycles. The van der Waals surface area contributed by atoms with E-state index in [0.29, 0.717) is 12.3 Å². The zero-order valence-electron chi connectivity index (χ0n) is 7.70. The molecule has 13 heavy (non-hydrogen) atoms. The summed E-state index contributed by atoms with van der Waals surface area (Å²) in [5, 5.41) is 6.63. The predicted octanol–water partition coefficient (Wildman–Crippen LogP) is 0.816. The van der Waals surface area contributed by atoms with Crippen LogP contribution in [0, 0.1) is 0 Å². The topological polar surface area (TPSA) is 73.2 Å². The second-order valence-corrected chi connectivity index (χ2v) is 3.56. The lowest BCUT2D eigenvalue weighted by atomic mass is 10.2. The fourth-order valence-corrected chi connectivity index (χ4v) is 1.39. The molecule has 0 aromatic carbocycles. The van der Waals surface area contributed by atoms with Crippen LogP contribution in [0.25, 0.3) is 0 Å². The number of nitrogens with zero attached hydrogens (tertiary/aromatic N) is 1. The van der Waals surface area contributed by atoms with Crippen LogP contribution in [0.1, 0.15) is 25.6 Å². The van der Waals surface area contributed by atoms with E-state index in [0.717, 1.165) is 5.69 Å². The largest absolute Gasteiger partial charge is 0.396 e. The smallest absolute Gasteiger partial charge is 0.163 e. The van der Waals surface area contributed by atoms with Gasteiger partial charge in [-0.3, -0.25) is 5.10 Å². The highest BCUT2D eigenvalue weighted by atomic mass is 16.7. The molecule has 2 rings (SSSR count). The Hall–Kier alpha value is -1.07. The predicted molar refractivity (Wildman–Crippen MR) is 46.9 cm³/mol. The number of nitrogens with one attached hydrogen (secondary N) is 1. The minimum atomic E-state index is -0.526. The Morgan fingerprint density at radius 2 is 2.46 bits per heavy atom. The third-order valence-electron chi connectivity index (χ3n) is 2.03. The lowest BCUT2D eigenvalue weighted by Gasteiger charge is -2.16. The number of hydrogen-bond acceptors (Lipinski definition) is 4. The van der Waals surface area contributed by atoms with Crippen LogP contribution in [0.2, 0.25) is 0 Å². The standard InChI is InChI=1S/C8H13N3O2/c1-8(2)12-4-6(13-8)7-5(9)3-10-11-7/h3,6H,4,9H2,1-2H3,(H,10,11). The minimum absolute atomic E-state index is 0.127. The summed E-state index contributed by atoms with van der Waals surface area (Å²) in [5.41, 5.74) is 7.09. The van der Waals surface area contributed by atoms with Crippen LogP contribution in [0.5, 0.6) is 0 Å². The van der Waals surface area contributed by atoms with E-state index in [2.05, 4.69) is 10.2 Å². The summed E-state index contributed by atoms with van der Waals surface area (Å²) >= 11 is 0. The highest BCUT2D eigenvalue weighted by Crippen LogP contribution is 2.33. The Balaban J connectivity index is 2.17. The van der Waals surface area contributed by atoms with Crippen molar-refractivity contribution in [2.45, 2.75) is 25.7 Å². The van der Waals surface area contributed by atoms with E-state index in [1.165, 1.54) is 0 Å². The molecule has 1 aliphatic rings. The van der Waals surface area contributed by atoms with Crippen LogP contribution in [0.3, 0.4) is 0 Å². The molecule has 2 heterocycles. The Morgan fingerprint density at radius 1 is 1.69 bits per heavy atom. The van der Waals surface area contributed by atoms with Gasteiger partial charge < -0.3 is 15.2 Å². The van der Waals surface area contributed by atoms with Gasteiger partial charge in [-0.2, -0.15) is 5.10 Å². The number of nitrogen functional groups attached to an aromatic ring is 1. The third kappa shape index (κ3) is 1.52. The molecule has 5 nitrogen and oxygen atoms in total. The summed E-state index contributed by atoms with van der Waals surface area (Å²) in [6.45, 7) is 4.26. The molecular weight excluding hydrogens is 170 g/mol. The lowest BCUT2D eigenvalue weighted by Crippen LogP contribution is -2.19. The highest BCUT2D eigenvalue weighted by molar-refractivity contribution is 5.41. The molecule has 0 spiro atoms. The van der Waals surface area contributed by atoms with E-state index in [1.54, 1.807) is 6.20 Å². The maximum absolute atomic E-state index is 5.68. The lowest BCUT2D eigenvalue weighted by molar-refractivity contribution is -0.139. The van der Waals surface area contributed by atoms with Gasteiger partial charge in [-0.15, -0.1) is 0 Å². The van der Waals surface area contributed by atoms with Crippen LogP contribution >= 0.6 is 0 Å².